The number of ether oxygens (including phenoxy) is 1. The van der Waals surface area contributed by atoms with Crippen molar-refractivity contribution in [3.05, 3.63) is 12.7 Å². The van der Waals surface area contributed by atoms with Crippen molar-refractivity contribution in [2.75, 3.05) is 13.2 Å². The Morgan fingerprint density at radius 3 is 2.71 bits per heavy atom. The van der Waals surface area contributed by atoms with E-state index in [1.807, 2.05) is 26.8 Å². The van der Waals surface area contributed by atoms with E-state index in [2.05, 4.69) is 18.2 Å². The predicted octanol–water partition coefficient (Wildman–Crippen LogP) is 2.41. The monoisotopic (exact) mass is 259 g/mol. The second kappa shape index (κ2) is 5.74. The maximum absolute atomic E-state index is 12.3. The number of hydrogen-bond donors (Lipinski definition) is 1. The summed E-state index contributed by atoms with van der Waals surface area (Å²) in [5, 5.41) is 0. The number of rotatable bonds is 4. The van der Waals surface area contributed by atoms with Crippen molar-refractivity contribution in [3.8, 4) is 0 Å². The molecule has 100 valence electrons. The van der Waals surface area contributed by atoms with Crippen molar-refractivity contribution in [2.45, 2.75) is 50.8 Å². The molecule has 1 aliphatic rings. The van der Waals surface area contributed by atoms with E-state index in [0.717, 1.165) is 26.1 Å². The molecule has 3 atom stereocenters. The smallest absolute Gasteiger partial charge is 0.136 e. The topological polar surface area (TPSA) is 44.3 Å². The fraction of sp³-hybridized carbons (Fsp3) is 0.846. The van der Waals surface area contributed by atoms with Crippen LogP contribution in [0.1, 0.15) is 40.5 Å². The first-order chi connectivity index (χ1) is 7.82. The Bertz CT molecular complexity index is 265. The van der Waals surface area contributed by atoms with E-state index in [1.54, 1.807) is 0 Å². The van der Waals surface area contributed by atoms with Crippen LogP contribution in [0.2, 0.25) is 0 Å². The molecule has 0 aromatic carbocycles. The second-order valence-corrected chi connectivity index (χ2v) is 7.82. The zero-order valence-corrected chi connectivity index (χ0v) is 12.2. The first kappa shape index (κ1) is 15.0. The van der Waals surface area contributed by atoms with Gasteiger partial charge in [0.05, 0.1) is 12.1 Å². The summed E-state index contributed by atoms with van der Waals surface area (Å²) >= 11 is -1.05. The molecule has 4 heteroatoms. The molecule has 17 heavy (non-hydrogen) atoms. The normalized spacial score (nSPS) is 32.2. The van der Waals surface area contributed by atoms with Gasteiger partial charge in [-0.15, -0.1) is 11.3 Å². The summed E-state index contributed by atoms with van der Waals surface area (Å²) in [7, 11) is 0. The van der Waals surface area contributed by atoms with Gasteiger partial charge >= 0.3 is 0 Å². The summed E-state index contributed by atoms with van der Waals surface area (Å²) in [6.45, 7) is 13.4. The molecule has 0 amide bonds. The van der Waals surface area contributed by atoms with Crippen molar-refractivity contribution in [1.29, 1.82) is 0 Å². The van der Waals surface area contributed by atoms with Crippen LogP contribution in [-0.4, -0.2) is 28.1 Å². The Morgan fingerprint density at radius 1 is 1.59 bits per heavy atom. The lowest BCUT2D eigenvalue weighted by Gasteiger charge is -2.43. The van der Waals surface area contributed by atoms with Crippen LogP contribution in [0.4, 0.5) is 0 Å². The molecule has 1 N–H and O–H groups in total. The SMILES string of the molecule is C=CC[C@@]1(N[S@+]([O-])C(C)(C)C)CCOC[C@@H]1C. The third-order valence-electron chi connectivity index (χ3n) is 3.36. The van der Waals surface area contributed by atoms with Gasteiger partial charge < -0.3 is 9.29 Å². The average Bonchev–Trinajstić information content (AvgIpc) is 2.21. The average molecular weight is 259 g/mol. The van der Waals surface area contributed by atoms with Gasteiger partial charge in [0.15, 0.2) is 0 Å². The van der Waals surface area contributed by atoms with Gasteiger partial charge in [0.2, 0.25) is 0 Å². The first-order valence-corrected chi connectivity index (χ1v) is 7.35. The molecule has 0 spiro atoms. The van der Waals surface area contributed by atoms with Gasteiger partial charge in [0.1, 0.15) is 4.75 Å². The van der Waals surface area contributed by atoms with Crippen LogP contribution in [-0.2, 0) is 16.1 Å². The van der Waals surface area contributed by atoms with Gasteiger partial charge in [0, 0.05) is 23.9 Å². The molecule has 1 saturated heterocycles. The highest BCUT2D eigenvalue weighted by Gasteiger charge is 2.43. The van der Waals surface area contributed by atoms with Gasteiger partial charge in [-0.1, -0.05) is 13.0 Å². The van der Waals surface area contributed by atoms with E-state index in [4.69, 9.17) is 4.74 Å². The van der Waals surface area contributed by atoms with Gasteiger partial charge in [-0.2, -0.15) is 0 Å². The van der Waals surface area contributed by atoms with Crippen LogP contribution in [0.25, 0.3) is 0 Å². The van der Waals surface area contributed by atoms with Crippen LogP contribution in [0.3, 0.4) is 0 Å². The third-order valence-corrected chi connectivity index (χ3v) is 5.07. The molecule has 1 fully saturated rings. The molecule has 0 aliphatic carbocycles. The summed E-state index contributed by atoms with van der Waals surface area (Å²) in [5.41, 5.74) is -0.127. The molecule has 0 aromatic heterocycles. The molecule has 0 bridgehead atoms. The Hall–Kier alpha value is -0.0300. The van der Waals surface area contributed by atoms with Gasteiger partial charge in [-0.3, -0.25) is 0 Å². The van der Waals surface area contributed by atoms with Crippen molar-refractivity contribution in [3.63, 3.8) is 0 Å². The van der Waals surface area contributed by atoms with Gasteiger partial charge in [0.25, 0.3) is 0 Å². The van der Waals surface area contributed by atoms with Gasteiger partial charge in [-0.25, -0.2) is 0 Å². The Labute approximate surface area is 108 Å². The van der Waals surface area contributed by atoms with Crippen LogP contribution in [0.5, 0.6) is 0 Å². The van der Waals surface area contributed by atoms with E-state index in [9.17, 15) is 4.55 Å². The lowest BCUT2D eigenvalue weighted by Crippen LogP contribution is -2.59. The van der Waals surface area contributed by atoms with Crippen LogP contribution >= 0.6 is 0 Å². The van der Waals surface area contributed by atoms with Crippen molar-refractivity contribution in [1.82, 2.24) is 4.72 Å². The summed E-state index contributed by atoms with van der Waals surface area (Å²) in [4.78, 5) is 0. The molecule has 0 aromatic rings. The first-order valence-electron chi connectivity index (χ1n) is 6.20. The van der Waals surface area contributed by atoms with E-state index in [0.29, 0.717) is 5.92 Å². The zero-order chi connectivity index (χ0) is 13.1. The van der Waals surface area contributed by atoms with E-state index in [-0.39, 0.29) is 10.3 Å². The Morgan fingerprint density at radius 2 is 2.24 bits per heavy atom. The highest BCUT2D eigenvalue weighted by molar-refractivity contribution is 7.90. The Balaban J connectivity index is 2.80. The van der Waals surface area contributed by atoms with E-state index >= 15 is 0 Å². The van der Waals surface area contributed by atoms with Crippen molar-refractivity contribution in [2.24, 2.45) is 5.92 Å². The highest BCUT2D eigenvalue weighted by Crippen LogP contribution is 2.32. The second-order valence-electron chi connectivity index (χ2n) is 5.86. The maximum atomic E-state index is 12.3. The minimum atomic E-state index is -1.05. The lowest BCUT2D eigenvalue weighted by atomic mass is 9.79. The third kappa shape index (κ3) is 3.71. The largest absolute Gasteiger partial charge is 0.598 e. The molecular formula is C13H25NO2S. The molecule has 3 nitrogen and oxygen atoms in total. The maximum Gasteiger partial charge on any atom is 0.136 e. The summed E-state index contributed by atoms with van der Waals surface area (Å²) < 4.78 is 20.9. The van der Waals surface area contributed by atoms with Crippen molar-refractivity contribution < 1.29 is 9.29 Å². The van der Waals surface area contributed by atoms with E-state index in [1.165, 1.54) is 0 Å². The zero-order valence-electron chi connectivity index (χ0n) is 11.4. The van der Waals surface area contributed by atoms with Crippen LogP contribution in [0, 0.1) is 5.92 Å². The standard InChI is InChI=1S/C13H25NO2S/c1-6-7-13(8-9-16-10-11(13)2)14-17(15)12(3,4)5/h6,11,14H,1,7-10H2,2-5H3/t11-,13+,17+/m0/s1. The lowest BCUT2D eigenvalue weighted by molar-refractivity contribution is 0.00362. The number of hydrogen-bond acceptors (Lipinski definition) is 3. The fourth-order valence-corrected chi connectivity index (χ4v) is 3.07. The fourth-order valence-electron chi connectivity index (χ4n) is 2.01. The quantitative estimate of drug-likeness (QED) is 0.623. The van der Waals surface area contributed by atoms with Crippen molar-refractivity contribution >= 4 is 11.4 Å². The Kier molecular flexibility index (Phi) is 5.07. The predicted molar refractivity (Wildman–Crippen MR) is 73.2 cm³/mol. The summed E-state index contributed by atoms with van der Waals surface area (Å²) in [6, 6.07) is 0. The minimum absolute atomic E-state index is 0.127. The minimum Gasteiger partial charge on any atom is -0.598 e. The highest BCUT2D eigenvalue weighted by atomic mass is 32.2. The molecule has 0 unspecified atom stereocenters. The molecule has 1 aliphatic heterocycles. The number of nitrogens with one attached hydrogen (secondary N) is 1. The van der Waals surface area contributed by atoms with Crippen LogP contribution < -0.4 is 4.72 Å². The van der Waals surface area contributed by atoms with E-state index < -0.39 is 11.4 Å². The van der Waals surface area contributed by atoms with Gasteiger partial charge in [-0.05, 0) is 33.6 Å². The molecule has 0 saturated carbocycles. The summed E-state index contributed by atoms with van der Waals surface area (Å²) in [5.74, 6) is 0.348. The molecule has 1 heterocycles. The summed E-state index contributed by atoms with van der Waals surface area (Å²) in [6.07, 6.45) is 3.63. The molecule has 0 radical (unpaired) electrons. The van der Waals surface area contributed by atoms with Crippen LogP contribution in [0.15, 0.2) is 12.7 Å². The molecule has 1 rings (SSSR count). The molecular weight excluding hydrogens is 234 g/mol.